The van der Waals surface area contributed by atoms with Crippen molar-refractivity contribution in [3.8, 4) is 0 Å². The minimum Gasteiger partial charge on any atom is -0.351 e. The second-order valence-electron chi connectivity index (χ2n) is 6.57. The number of hydrogen-bond acceptors (Lipinski definition) is 4. The lowest BCUT2D eigenvalue weighted by molar-refractivity contribution is 0.0944. The van der Waals surface area contributed by atoms with Gasteiger partial charge in [0.25, 0.3) is 5.91 Å². The van der Waals surface area contributed by atoms with Crippen LogP contribution in [0.1, 0.15) is 55.6 Å². The SMILES string of the molecule is CC1CCC(CCNC(=O)c2cn(C3CNC3)nn2)CC1. The molecule has 6 heteroatoms. The topological polar surface area (TPSA) is 71.8 Å². The van der Waals surface area contributed by atoms with Gasteiger partial charge < -0.3 is 10.6 Å². The van der Waals surface area contributed by atoms with Crippen molar-refractivity contribution in [1.29, 1.82) is 0 Å². The van der Waals surface area contributed by atoms with E-state index in [0.717, 1.165) is 37.9 Å². The lowest BCUT2D eigenvalue weighted by Gasteiger charge is -2.26. The van der Waals surface area contributed by atoms with E-state index in [1.165, 1.54) is 25.7 Å². The fourth-order valence-corrected chi connectivity index (χ4v) is 3.12. The molecule has 2 fully saturated rings. The van der Waals surface area contributed by atoms with Crippen molar-refractivity contribution in [1.82, 2.24) is 25.6 Å². The molecule has 0 bridgehead atoms. The van der Waals surface area contributed by atoms with Crippen molar-refractivity contribution in [2.24, 2.45) is 11.8 Å². The number of rotatable bonds is 5. The molecule has 2 heterocycles. The number of nitrogens with zero attached hydrogens (tertiary/aromatic N) is 3. The van der Waals surface area contributed by atoms with Gasteiger partial charge in [-0.05, 0) is 18.3 Å². The molecule has 3 rings (SSSR count). The molecule has 21 heavy (non-hydrogen) atoms. The highest BCUT2D eigenvalue weighted by Gasteiger charge is 2.22. The molecular weight excluding hydrogens is 266 g/mol. The first-order valence-corrected chi connectivity index (χ1v) is 8.13. The summed E-state index contributed by atoms with van der Waals surface area (Å²) in [6.45, 7) is 4.89. The van der Waals surface area contributed by atoms with Gasteiger partial charge in [-0.2, -0.15) is 0 Å². The van der Waals surface area contributed by atoms with Gasteiger partial charge in [0, 0.05) is 19.6 Å². The molecule has 0 atom stereocenters. The third kappa shape index (κ3) is 3.61. The molecule has 0 unspecified atom stereocenters. The molecule has 1 aromatic rings. The number of carbonyl (C=O) groups is 1. The minimum atomic E-state index is -0.0993. The van der Waals surface area contributed by atoms with E-state index in [4.69, 9.17) is 0 Å². The molecule has 0 spiro atoms. The normalized spacial score (nSPS) is 26.3. The maximum atomic E-state index is 12.0. The zero-order valence-corrected chi connectivity index (χ0v) is 12.7. The zero-order valence-electron chi connectivity index (χ0n) is 12.7. The summed E-state index contributed by atoms with van der Waals surface area (Å²) in [5.74, 6) is 1.56. The van der Waals surface area contributed by atoms with Crippen LogP contribution >= 0.6 is 0 Å². The molecule has 0 aromatic carbocycles. The van der Waals surface area contributed by atoms with Crippen molar-refractivity contribution in [2.75, 3.05) is 19.6 Å². The number of nitrogens with one attached hydrogen (secondary N) is 2. The van der Waals surface area contributed by atoms with Crippen LogP contribution in [0.4, 0.5) is 0 Å². The highest BCUT2D eigenvalue weighted by Crippen LogP contribution is 2.29. The van der Waals surface area contributed by atoms with Crippen LogP contribution in [0.3, 0.4) is 0 Å². The second kappa shape index (κ2) is 6.56. The predicted octanol–water partition coefficient (Wildman–Crippen LogP) is 1.37. The largest absolute Gasteiger partial charge is 0.351 e. The van der Waals surface area contributed by atoms with Gasteiger partial charge in [0.2, 0.25) is 0 Å². The summed E-state index contributed by atoms with van der Waals surface area (Å²) in [5.41, 5.74) is 0.430. The molecule has 6 nitrogen and oxygen atoms in total. The average Bonchev–Trinajstić information content (AvgIpc) is 2.88. The molecule has 1 amide bonds. The Bertz CT molecular complexity index is 474. The Morgan fingerprint density at radius 1 is 1.38 bits per heavy atom. The summed E-state index contributed by atoms with van der Waals surface area (Å²) in [4.78, 5) is 12.0. The van der Waals surface area contributed by atoms with Gasteiger partial charge in [-0.1, -0.05) is 37.8 Å². The van der Waals surface area contributed by atoms with E-state index in [9.17, 15) is 4.79 Å². The molecule has 1 aliphatic carbocycles. The fourth-order valence-electron chi connectivity index (χ4n) is 3.12. The van der Waals surface area contributed by atoms with E-state index >= 15 is 0 Å². The van der Waals surface area contributed by atoms with Gasteiger partial charge in [0.1, 0.15) is 0 Å². The van der Waals surface area contributed by atoms with Crippen molar-refractivity contribution >= 4 is 5.91 Å². The Hall–Kier alpha value is -1.43. The molecule has 1 saturated heterocycles. The standard InChI is InChI=1S/C15H25N5O/c1-11-2-4-12(5-3-11)6-7-17-15(21)14-10-20(19-18-14)13-8-16-9-13/h10-13,16H,2-9H2,1H3,(H,17,21). The van der Waals surface area contributed by atoms with E-state index in [1.807, 2.05) is 0 Å². The first-order valence-electron chi connectivity index (χ1n) is 8.13. The van der Waals surface area contributed by atoms with Crippen LogP contribution in [0.2, 0.25) is 0 Å². The first-order chi connectivity index (χ1) is 10.2. The first kappa shape index (κ1) is 14.5. The van der Waals surface area contributed by atoms with Crippen molar-refractivity contribution in [3.05, 3.63) is 11.9 Å². The molecule has 0 radical (unpaired) electrons. The van der Waals surface area contributed by atoms with E-state index in [2.05, 4.69) is 27.9 Å². The molecular formula is C15H25N5O. The highest BCUT2D eigenvalue weighted by molar-refractivity contribution is 5.91. The number of aromatic nitrogens is 3. The minimum absolute atomic E-state index is 0.0993. The summed E-state index contributed by atoms with van der Waals surface area (Å²) in [7, 11) is 0. The second-order valence-corrected chi connectivity index (χ2v) is 6.57. The summed E-state index contributed by atoms with van der Waals surface area (Å²) in [5, 5.41) is 14.2. The van der Waals surface area contributed by atoms with Crippen molar-refractivity contribution in [2.45, 2.75) is 45.1 Å². The molecule has 116 valence electrons. The Labute approximate surface area is 125 Å². The van der Waals surface area contributed by atoms with Crippen LogP contribution in [0.15, 0.2) is 6.20 Å². The van der Waals surface area contributed by atoms with Crippen LogP contribution in [0.25, 0.3) is 0 Å². The third-order valence-corrected chi connectivity index (χ3v) is 4.85. The van der Waals surface area contributed by atoms with E-state index in [1.54, 1.807) is 10.9 Å². The summed E-state index contributed by atoms with van der Waals surface area (Å²) >= 11 is 0. The number of carbonyl (C=O) groups excluding carboxylic acids is 1. The quantitative estimate of drug-likeness (QED) is 0.859. The number of hydrogen-bond donors (Lipinski definition) is 2. The van der Waals surface area contributed by atoms with Crippen LogP contribution in [-0.4, -0.2) is 40.5 Å². The van der Waals surface area contributed by atoms with E-state index in [-0.39, 0.29) is 5.91 Å². The van der Waals surface area contributed by atoms with E-state index < -0.39 is 0 Å². The third-order valence-electron chi connectivity index (χ3n) is 4.85. The van der Waals surface area contributed by atoms with Gasteiger partial charge in [0.15, 0.2) is 5.69 Å². The van der Waals surface area contributed by atoms with Crippen LogP contribution in [-0.2, 0) is 0 Å². The maximum absolute atomic E-state index is 12.0. The van der Waals surface area contributed by atoms with E-state index in [0.29, 0.717) is 11.7 Å². The molecule has 1 saturated carbocycles. The Morgan fingerprint density at radius 2 is 2.14 bits per heavy atom. The van der Waals surface area contributed by atoms with Crippen LogP contribution < -0.4 is 10.6 Å². The van der Waals surface area contributed by atoms with Crippen molar-refractivity contribution < 1.29 is 4.79 Å². The average molecular weight is 291 g/mol. The van der Waals surface area contributed by atoms with Gasteiger partial charge >= 0.3 is 0 Å². The molecule has 2 N–H and O–H groups in total. The predicted molar refractivity (Wildman–Crippen MR) is 80.0 cm³/mol. The molecule has 1 aliphatic heterocycles. The lowest BCUT2D eigenvalue weighted by Crippen LogP contribution is -2.43. The smallest absolute Gasteiger partial charge is 0.273 e. The maximum Gasteiger partial charge on any atom is 0.273 e. The highest BCUT2D eigenvalue weighted by atomic mass is 16.2. The zero-order chi connectivity index (χ0) is 14.7. The summed E-state index contributed by atoms with van der Waals surface area (Å²) in [6, 6.07) is 0.350. The Morgan fingerprint density at radius 3 is 2.81 bits per heavy atom. The number of amides is 1. The summed E-state index contributed by atoms with van der Waals surface area (Å²) < 4.78 is 1.79. The van der Waals surface area contributed by atoms with Gasteiger partial charge in [-0.3, -0.25) is 4.79 Å². The van der Waals surface area contributed by atoms with Gasteiger partial charge in [-0.15, -0.1) is 5.10 Å². The van der Waals surface area contributed by atoms with Crippen LogP contribution in [0.5, 0.6) is 0 Å². The lowest BCUT2D eigenvalue weighted by atomic mass is 9.81. The van der Waals surface area contributed by atoms with Crippen molar-refractivity contribution in [3.63, 3.8) is 0 Å². The molecule has 1 aromatic heterocycles. The molecule has 2 aliphatic rings. The summed E-state index contributed by atoms with van der Waals surface area (Å²) in [6.07, 6.45) is 8.12. The monoisotopic (exact) mass is 291 g/mol. The Balaban J connectivity index is 1.40. The van der Waals surface area contributed by atoms with Crippen LogP contribution in [0, 0.1) is 11.8 Å². The van der Waals surface area contributed by atoms with Gasteiger partial charge in [-0.25, -0.2) is 4.68 Å². The Kier molecular flexibility index (Phi) is 4.53. The fraction of sp³-hybridized carbons (Fsp3) is 0.800. The van der Waals surface area contributed by atoms with Gasteiger partial charge in [0.05, 0.1) is 12.2 Å².